The minimum atomic E-state index is -0.561. The second kappa shape index (κ2) is 9.74. The molecule has 3 aliphatic rings. The van der Waals surface area contributed by atoms with E-state index in [9.17, 15) is 0 Å². The van der Waals surface area contributed by atoms with Gasteiger partial charge < -0.3 is 0 Å². The Kier molecular flexibility index (Phi) is 5.20. The Labute approximate surface area is 295 Å². The molecular formula is C49H28N2. The number of benzene rings is 8. The normalized spacial score (nSPS) is 15.5. The molecule has 0 amide bonds. The van der Waals surface area contributed by atoms with E-state index in [2.05, 4.69) is 170 Å². The Morgan fingerprint density at radius 1 is 0.373 bits per heavy atom. The summed E-state index contributed by atoms with van der Waals surface area (Å²) >= 11 is 0. The van der Waals surface area contributed by atoms with Crippen molar-refractivity contribution in [1.29, 1.82) is 0 Å². The van der Waals surface area contributed by atoms with Gasteiger partial charge in [-0.25, -0.2) is 9.97 Å². The molecule has 234 valence electrons. The lowest BCUT2D eigenvalue weighted by atomic mass is 9.68. The monoisotopic (exact) mass is 644 g/mol. The maximum atomic E-state index is 5.46. The summed E-state index contributed by atoms with van der Waals surface area (Å²) in [7, 11) is 0. The second-order valence-electron chi connectivity index (χ2n) is 14.0. The number of nitrogens with zero attached hydrogens (tertiary/aromatic N) is 2. The van der Waals surface area contributed by atoms with Crippen LogP contribution in [0, 0.1) is 0 Å². The largest absolute Gasteiger partial charge is 0.228 e. The van der Waals surface area contributed by atoms with Crippen molar-refractivity contribution >= 4 is 21.7 Å². The van der Waals surface area contributed by atoms with E-state index < -0.39 is 5.41 Å². The van der Waals surface area contributed by atoms with Gasteiger partial charge in [-0.15, -0.1) is 0 Å². The summed E-state index contributed by atoms with van der Waals surface area (Å²) in [6.45, 7) is 0. The van der Waals surface area contributed by atoms with Crippen molar-refractivity contribution < 1.29 is 0 Å². The second-order valence-corrected chi connectivity index (χ2v) is 14.0. The van der Waals surface area contributed by atoms with Gasteiger partial charge in [0.1, 0.15) is 0 Å². The van der Waals surface area contributed by atoms with Crippen molar-refractivity contribution in [2.24, 2.45) is 0 Å². The predicted molar refractivity (Wildman–Crippen MR) is 209 cm³/mol. The molecule has 9 aromatic rings. The Morgan fingerprint density at radius 2 is 0.961 bits per heavy atom. The summed E-state index contributed by atoms with van der Waals surface area (Å²) in [6, 6.07) is 62.2. The van der Waals surface area contributed by atoms with Gasteiger partial charge in [0.15, 0.2) is 5.82 Å². The predicted octanol–water partition coefficient (Wildman–Crippen LogP) is 12.1. The van der Waals surface area contributed by atoms with E-state index in [4.69, 9.17) is 9.97 Å². The van der Waals surface area contributed by atoms with Gasteiger partial charge in [0.05, 0.1) is 16.6 Å². The lowest BCUT2D eigenvalue weighted by molar-refractivity contribution is 0.795. The molecule has 1 heterocycles. The number of hydrogen-bond acceptors (Lipinski definition) is 2. The topological polar surface area (TPSA) is 25.8 Å². The molecule has 12 rings (SSSR count). The third-order valence-corrected chi connectivity index (χ3v) is 11.6. The molecule has 8 aromatic carbocycles. The first kappa shape index (κ1) is 27.2. The van der Waals surface area contributed by atoms with Crippen LogP contribution < -0.4 is 0 Å². The highest BCUT2D eigenvalue weighted by Crippen LogP contribution is 2.66. The first-order valence-electron chi connectivity index (χ1n) is 17.7. The van der Waals surface area contributed by atoms with E-state index in [0.717, 1.165) is 33.5 Å². The molecule has 0 N–H and O–H groups in total. The van der Waals surface area contributed by atoms with Gasteiger partial charge in [0.2, 0.25) is 0 Å². The lowest BCUT2D eigenvalue weighted by Gasteiger charge is -2.32. The van der Waals surface area contributed by atoms with Gasteiger partial charge in [0, 0.05) is 16.5 Å². The van der Waals surface area contributed by atoms with E-state index in [1.54, 1.807) is 0 Å². The highest BCUT2D eigenvalue weighted by atomic mass is 14.9. The molecular weight excluding hydrogens is 617 g/mol. The van der Waals surface area contributed by atoms with E-state index in [-0.39, 0.29) is 0 Å². The quantitative estimate of drug-likeness (QED) is 0.187. The summed E-state index contributed by atoms with van der Waals surface area (Å²) < 4.78 is 0. The molecule has 2 heteroatoms. The van der Waals surface area contributed by atoms with Crippen LogP contribution >= 0.6 is 0 Å². The van der Waals surface area contributed by atoms with Gasteiger partial charge >= 0.3 is 0 Å². The summed E-state index contributed by atoms with van der Waals surface area (Å²) in [5.74, 6) is 0.750. The van der Waals surface area contributed by atoms with Gasteiger partial charge in [-0.1, -0.05) is 158 Å². The van der Waals surface area contributed by atoms with E-state index in [1.807, 2.05) is 0 Å². The first-order valence-corrected chi connectivity index (χ1v) is 17.7. The number of aromatic nitrogens is 2. The van der Waals surface area contributed by atoms with Crippen LogP contribution in [-0.2, 0) is 5.41 Å². The molecule has 1 atom stereocenters. The zero-order valence-corrected chi connectivity index (χ0v) is 27.6. The fraction of sp³-hybridized carbons (Fsp3) is 0.0204. The summed E-state index contributed by atoms with van der Waals surface area (Å²) in [4.78, 5) is 10.8. The van der Waals surface area contributed by atoms with Crippen molar-refractivity contribution in [2.75, 3.05) is 0 Å². The zero-order valence-electron chi connectivity index (χ0n) is 27.6. The van der Waals surface area contributed by atoms with Crippen LogP contribution in [0.1, 0.15) is 22.3 Å². The van der Waals surface area contributed by atoms with Crippen LogP contribution in [0.4, 0.5) is 0 Å². The molecule has 1 unspecified atom stereocenters. The average molecular weight is 645 g/mol. The molecule has 0 saturated carbocycles. The number of rotatable bonds is 2. The third kappa shape index (κ3) is 3.32. The molecule has 0 aliphatic heterocycles. The fourth-order valence-corrected chi connectivity index (χ4v) is 9.75. The lowest BCUT2D eigenvalue weighted by Crippen LogP contribution is -2.27. The molecule has 0 fully saturated rings. The summed E-state index contributed by atoms with van der Waals surface area (Å²) in [6.07, 6.45) is 0. The summed E-state index contributed by atoms with van der Waals surface area (Å²) in [5.41, 5.74) is 19.1. The van der Waals surface area contributed by atoms with Crippen molar-refractivity contribution in [1.82, 2.24) is 9.97 Å². The maximum absolute atomic E-state index is 5.46. The molecule has 0 bridgehead atoms. The SMILES string of the molecule is c1ccc(-c2nc(-c3cccc4c3C3(c5ccccc5-4)c4ccccc4-c4c3cc3c5c(cccc45)-c4ccccc4-3)nc3ccccc23)cc1. The molecule has 3 aliphatic carbocycles. The minimum Gasteiger partial charge on any atom is -0.228 e. The van der Waals surface area contributed by atoms with Gasteiger partial charge in [0.25, 0.3) is 0 Å². The molecule has 0 radical (unpaired) electrons. The highest BCUT2D eigenvalue weighted by molar-refractivity contribution is 6.21. The number of hydrogen-bond donors (Lipinski definition) is 0. The Morgan fingerprint density at radius 3 is 1.80 bits per heavy atom. The fourth-order valence-electron chi connectivity index (χ4n) is 9.75. The zero-order chi connectivity index (χ0) is 33.3. The van der Waals surface area contributed by atoms with Gasteiger partial charge in [-0.3, -0.25) is 0 Å². The molecule has 1 aromatic heterocycles. The summed E-state index contributed by atoms with van der Waals surface area (Å²) in [5, 5.41) is 3.73. The van der Waals surface area contributed by atoms with Crippen LogP contribution in [0.25, 0.3) is 88.8 Å². The van der Waals surface area contributed by atoms with E-state index in [0.29, 0.717) is 0 Å². The Hall–Kier alpha value is -6.64. The van der Waals surface area contributed by atoms with E-state index >= 15 is 0 Å². The molecule has 1 spiro atoms. The standard InChI is InChI=1S/C49H28N2/c1-2-14-29(15-3-1)47-36-20-8-11-27-43(36)50-48(51-47)38-24-13-22-34-32-18-6-9-25-40(32)49(46(34)38)41-26-10-7-19-35(41)45-37-23-12-21-33-30-16-4-5-17-31(30)39(44(33)37)28-42(45)49/h1-28H. The van der Waals surface area contributed by atoms with Crippen LogP contribution in [0.5, 0.6) is 0 Å². The van der Waals surface area contributed by atoms with Crippen molar-refractivity contribution in [2.45, 2.75) is 5.41 Å². The highest BCUT2D eigenvalue weighted by Gasteiger charge is 2.54. The van der Waals surface area contributed by atoms with Crippen molar-refractivity contribution in [3.8, 4) is 67.2 Å². The third-order valence-electron chi connectivity index (χ3n) is 11.6. The van der Waals surface area contributed by atoms with Gasteiger partial charge in [-0.2, -0.15) is 0 Å². The van der Waals surface area contributed by atoms with Crippen molar-refractivity contribution in [3.63, 3.8) is 0 Å². The van der Waals surface area contributed by atoms with Crippen molar-refractivity contribution in [3.05, 3.63) is 192 Å². The smallest absolute Gasteiger partial charge is 0.160 e. The van der Waals surface area contributed by atoms with Crippen LogP contribution in [-0.4, -0.2) is 9.97 Å². The molecule has 51 heavy (non-hydrogen) atoms. The first-order chi connectivity index (χ1) is 25.3. The average Bonchev–Trinajstić information content (AvgIpc) is 3.80. The number of fused-ring (bicyclic) bond motifs is 15. The Balaban J connectivity index is 1.25. The van der Waals surface area contributed by atoms with Crippen LogP contribution in [0.3, 0.4) is 0 Å². The molecule has 0 saturated heterocycles. The van der Waals surface area contributed by atoms with E-state index in [1.165, 1.54) is 77.5 Å². The minimum absolute atomic E-state index is 0.561. The van der Waals surface area contributed by atoms with Crippen LogP contribution in [0.15, 0.2) is 170 Å². The maximum Gasteiger partial charge on any atom is 0.160 e. The van der Waals surface area contributed by atoms with Gasteiger partial charge in [-0.05, 0) is 89.7 Å². The van der Waals surface area contributed by atoms with Crippen LogP contribution in [0.2, 0.25) is 0 Å². The molecule has 2 nitrogen and oxygen atoms in total. The Bertz CT molecular complexity index is 2980. The number of para-hydroxylation sites is 1.